The molecular weight excluding hydrogens is 1760 g/mol. The zero-order valence-electron chi connectivity index (χ0n) is 80.2. The van der Waals surface area contributed by atoms with E-state index in [9.17, 15) is 0 Å². The van der Waals surface area contributed by atoms with Gasteiger partial charge in [-0.3, -0.25) is 0 Å². The zero-order chi connectivity index (χ0) is 95.6. The molecule has 11 heteroatoms. The van der Waals surface area contributed by atoms with E-state index in [2.05, 4.69) is 445 Å². The van der Waals surface area contributed by atoms with Gasteiger partial charge in [0.15, 0.2) is 23.1 Å². The Kier molecular flexibility index (Phi) is 18.5. The molecule has 26 aromatic rings. The summed E-state index contributed by atoms with van der Waals surface area (Å²) in [4.78, 5) is 31.8. The van der Waals surface area contributed by atoms with Crippen LogP contribution in [0.3, 0.4) is 0 Å². The summed E-state index contributed by atoms with van der Waals surface area (Å²) in [6.07, 6.45) is 0. The van der Waals surface area contributed by atoms with E-state index in [0.29, 0.717) is 0 Å². The van der Waals surface area contributed by atoms with Crippen LogP contribution in [0.25, 0.3) is 237 Å². The maximum absolute atomic E-state index is 6.62. The summed E-state index contributed by atoms with van der Waals surface area (Å²) in [7, 11) is 0. The van der Waals surface area contributed by atoms with Crippen molar-refractivity contribution in [1.29, 1.82) is 0 Å². The number of benzene rings is 18. The van der Waals surface area contributed by atoms with Gasteiger partial charge in [-0.25, -0.2) is 29.9 Å². The first-order valence-electron chi connectivity index (χ1n) is 49.4. The summed E-state index contributed by atoms with van der Waals surface area (Å²) in [5.41, 5.74) is 40.2. The van der Waals surface area contributed by atoms with Crippen LogP contribution in [0.5, 0.6) is 0 Å². The van der Waals surface area contributed by atoms with Crippen LogP contribution in [0.2, 0.25) is 0 Å². The first kappa shape index (κ1) is 83.8. The molecule has 0 bridgehead atoms. The zero-order valence-corrected chi connectivity index (χ0v) is 81.0. The molecule has 4 aliphatic carbocycles. The molecule has 10 nitrogen and oxygen atoms in total. The van der Waals surface area contributed by atoms with Crippen LogP contribution in [0, 0.1) is 0 Å². The third-order valence-electron chi connectivity index (χ3n) is 31.1. The highest BCUT2D eigenvalue weighted by molar-refractivity contribution is 7.26. The molecule has 0 radical (unpaired) electrons. The Balaban J connectivity index is 0.000000105. The summed E-state index contributed by atoms with van der Waals surface area (Å²) in [5.74, 6) is 2.26. The van der Waals surface area contributed by atoms with Crippen molar-refractivity contribution in [3.63, 3.8) is 0 Å². The number of hydrogen-bond acceptors (Lipinski definition) is 8. The predicted molar refractivity (Wildman–Crippen MR) is 592 cm³/mol. The fraction of sp³-hybridized carbons (Fsp3) is 0.0909. The van der Waals surface area contributed by atoms with Crippen LogP contribution >= 0.6 is 11.3 Å². The Morgan fingerprint density at radius 2 is 0.587 bits per heavy atom. The monoisotopic (exact) mass is 1850 g/mol. The molecule has 0 fully saturated rings. The molecule has 0 spiro atoms. The molecule has 143 heavy (non-hydrogen) atoms. The number of aromatic nitrogens is 9. The van der Waals surface area contributed by atoms with Crippen molar-refractivity contribution in [2.24, 2.45) is 0 Å². The average molecular weight is 1850 g/mol. The number of thiophene rings is 1. The number of fused-ring (bicyclic) bond motifs is 30. The van der Waals surface area contributed by atoms with Gasteiger partial charge in [0.2, 0.25) is 0 Å². The van der Waals surface area contributed by atoms with Crippen molar-refractivity contribution in [3.05, 3.63) is 463 Å². The Morgan fingerprint density at radius 3 is 1.08 bits per heavy atom. The van der Waals surface area contributed by atoms with E-state index in [4.69, 9.17) is 34.3 Å². The fourth-order valence-electron chi connectivity index (χ4n) is 24.3. The van der Waals surface area contributed by atoms with Crippen molar-refractivity contribution in [2.45, 2.75) is 77.0 Å². The van der Waals surface area contributed by atoms with Crippen LogP contribution in [0.4, 0.5) is 0 Å². The lowest BCUT2D eigenvalue weighted by atomic mass is 9.81. The number of rotatable bonds is 9. The predicted octanol–water partition coefficient (Wildman–Crippen LogP) is 34.2. The van der Waals surface area contributed by atoms with Crippen molar-refractivity contribution in [1.82, 2.24) is 43.6 Å². The lowest BCUT2D eigenvalue weighted by molar-refractivity contribution is 0.636. The van der Waals surface area contributed by atoms with Crippen molar-refractivity contribution >= 4 is 119 Å². The van der Waals surface area contributed by atoms with Gasteiger partial charge in [0.25, 0.3) is 0 Å². The van der Waals surface area contributed by atoms with Crippen molar-refractivity contribution in [3.8, 4) is 130 Å². The van der Waals surface area contributed by atoms with Crippen molar-refractivity contribution < 1.29 is 4.42 Å². The summed E-state index contributed by atoms with van der Waals surface area (Å²) < 4.78 is 16.5. The number of para-hydroxylation sites is 4. The normalized spacial score (nSPS) is 14.0. The largest absolute Gasteiger partial charge is 0.454 e. The van der Waals surface area contributed by atoms with Gasteiger partial charge in [-0.05, 0) is 128 Å². The number of nitrogens with zero attached hydrogens (tertiary/aromatic N) is 9. The van der Waals surface area contributed by atoms with Gasteiger partial charge in [-0.1, -0.05) is 401 Å². The van der Waals surface area contributed by atoms with Gasteiger partial charge >= 0.3 is 0 Å². The second kappa shape index (κ2) is 31.6. The topological polar surface area (TPSA) is 105 Å². The first-order chi connectivity index (χ1) is 70.0. The lowest BCUT2D eigenvalue weighted by Gasteiger charge is -2.23. The molecule has 18 aromatic carbocycles. The molecule has 678 valence electrons. The second-order valence-corrected chi connectivity index (χ2v) is 41.7. The molecule has 8 heterocycles. The van der Waals surface area contributed by atoms with Gasteiger partial charge in [0.05, 0.1) is 72.0 Å². The van der Waals surface area contributed by atoms with Gasteiger partial charge in [0.1, 0.15) is 5.58 Å². The van der Waals surface area contributed by atoms with Gasteiger partial charge in [-0.2, -0.15) is 0 Å². The highest BCUT2D eigenvalue weighted by Gasteiger charge is 2.45. The van der Waals surface area contributed by atoms with E-state index >= 15 is 0 Å². The number of hydrogen-bond donors (Lipinski definition) is 0. The van der Waals surface area contributed by atoms with Gasteiger partial charge in [0, 0.05) is 147 Å². The Labute approximate surface area is 830 Å². The lowest BCUT2D eigenvalue weighted by Crippen LogP contribution is -2.17. The van der Waals surface area contributed by atoms with E-state index in [0.717, 1.165) is 152 Å². The van der Waals surface area contributed by atoms with Crippen LogP contribution in [0.15, 0.2) is 423 Å². The van der Waals surface area contributed by atoms with E-state index in [1.54, 1.807) is 0 Å². The van der Waals surface area contributed by atoms with E-state index in [1.165, 1.54) is 130 Å². The average Bonchev–Trinajstić information content (AvgIpc) is 1.53. The summed E-state index contributed by atoms with van der Waals surface area (Å²) >= 11 is 1.88. The fourth-order valence-corrected chi connectivity index (χ4v) is 25.6. The van der Waals surface area contributed by atoms with Crippen LogP contribution in [-0.4, -0.2) is 43.6 Å². The van der Waals surface area contributed by atoms with Crippen LogP contribution < -0.4 is 0 Å². The minimum atomic E-state index is -0.259. The minimum Gasteiger partial charge on any atom is -0.454 e. The SMILES string of the molecule is CC1(C)c2ccccc2-c2c(-c3ccc(-n4c5ccccc5c5ccc6c(c54)C(C)(C)c4ccccc4-6)cc3)nc(-c3ccccc3)nc21.CC1(C)c2ccccc2-c2c(-c3cccc(-n4c5ccccc5c5ccc6c7ccccc7oc6c54)c3)nc(-c3ccccc3)nc21.CC1(C)c2ccccc2-c2c(-c3cccc(-n4c5ccccc5c5ccc6c7ccccc7sc6c54)c3)nc(-c3ccccc3)nc21. The summed E-state index contributed by atoms with van der Waals surface area (Å²) in [6, 6.07) is 150. The first-order valence-corrected chi connectivity index (χ1v) is 50.2. The maximum atomic E-state index is 6.62. The molecule has 0 N–H and O–H groups in total. The summed E-state index contributed by atoms with van der Waals surface area (Å²) in [5, 5.41) is 12.3. The highest BCUT2D eigenvalue weighted by Crippen LogP contribution is 2.59. The van der Waals surface area contributed by atoms with E-state index in [1.807, 2.05) is 53.8 Å². The quantitative estimate of drug-likeness (QED) is 0.142. The minimum absolute atomic E-state index is 0.132. The number of furan rings is 1. The molecule has 0 aliphatic heterocycles. The highest BCUT2D eigenvalue weighted by atomic mass is 32.1. The Bertz CT molecular complexity index is 9480. The Hall–Kier alpha value is -17.4. The maximum Gasteiger partial charge on any atom is 0.160 e. The van der Waals surface area contributed by atoms with Gasteiger partial charge < -0.3 is 18.1 Å². The molecule has 0 amide bonds. The standard InChI is InChI=1S/C46H35N3.C43H29N3O.C43H29N3S/c1-45(2)36-19-11-8-16-31(36)33-26-27-34-32-17-10-13-21-38(32)49(42(34)40(33)45)30-24-22-28(23-25-30)41-39-35-18-9-12-20-37(35)46(3,4)43(39)48-44(47-41)29-14-6-5-7-15-29;2*1-43(2)34-20-9-6-19-33(34)37-38(44-42(45-41(37)43)26-13-4-3-5-14-26)27-15-12-16-28(25-27)46-35-21-10-7-17-29(35)31-23-24-32-30-18-8-11-22-36(30)47-40(32)39(31)46/h5-27H,1-4H3;2*3-25H,1-2H3. The van der Waals surface area contributed by atoms with Crippen LogP contribution in [-0.2, 0) is 21.7 Å². The second-order valence-electron chi connectivity index (χ2n) is 40.6. The van der Waals surface area contributed by atoms with Crippen LogP contribution in [0.1, 0.15) is 100 Å². The third kappa shape index (κ3) is 12.5. The Morgan fingerprint density at radius 1 is 0.231 bits per heavy atom. The molecule has 8 aromatic heterocycles. The van der Waals surface area contributed by atoms with Gasteiger partial charge in [-0.15, -0.1) is 11.3 Å². The molecule has 0 atom stereocenters. The molecule has 4 aliphatic rings. The smallest absolute Gasteiger partial charge is 0.160 e. The van der Waals surface area contributed by atoms with E-state index in [-0.39, 0.29) is 21.7 Å². The molecule has 0 unspecified atom stereocenters. The van der Waals surface area contributed by atoms with E-state index < -0.39 is 0 Å². The summed E-state index contributed by atoms with van der Waals surface area (Å²) in [6.45, 7) is 18.4. The molecule has 30 rings (SSSR count). The van der Waals surface area contributed by atoms with Crippen molar-refractivity contribution in [2.75, 3.05) is 0 Å². The molecule has 0 saturated carbocycles. The molecule has 0 saturated heterocycles. The molecular formula is C132H93N9OS. The third-order valence-corrected chi connectivity index (χ3v) is 32.3.